The summed E-state index contributed by atoms with van der Waals surface area (Å²) in [6.45, 7) is 11.0. The maximum absolute atomic E-state index is 12.6. The number of likely N-dealkylation sites (N-methyl/N-ethyl adjacent to an activating group) is 1. The van der Waals surface area contributed by atoms with Crippen molar-refractivity contribution in [1.82, 2.24) is 20.1 Å². The number of hydrogen-bond acceptors (Lipinski definition) is 4. The molecular weight excluding hydrogens is 360 g/mol. The molecule has 148 valence electrons. The number of fused-ring (bicyclic) bond motifs is 1. The van der Waals surface area contributed by atoms with Crippen molar-refractivity contribution in [1.29, 1.82) is 0 Å². The Morgan fingerprint density at radius 3 is 2.56 bits per heavy atom. The first kappa shape index (κ1) is 21.2. The number of nitrogens with one attached hydrogen (secondary N) is 2. The summed E-state index contributed by atoms with van der Waals surface area (Å²) in [5.74, 6) is 0.798. The molecule has 0 saturated heterocycles. The van der Waals surface area contributed by atoms with E-state index >= 15 is 0 Å². The summed E-state index contributed by atoms with van der Waals surface area (Å²) in [4.78, 5) is 19.9. The molecule has 1 aromatic heterocycles. The molecule has 0 aliphatic heterocycles. The number of benzene rings is 1. The molecule has 0 amide bonds. The van der Waals surface area contributed by atoms with Crippen LogP contribution >= 0.6 is 12.2 Å². The van der Waals surface area contributed by atoms with Crippen LogP contribution in [0.1, 0.15) is 26.3 Å². The van der Waals surface area contributed by atoms with Gasteiger partial charge in [-0.25, -0.2) is 0 Å². The zero-order valence-corrected chi connectivity index (χ0v) is 17.5. The number of thiocarbonyl (C=S) groups is 1. The van der Waals surface area contributed by atoms with Crippen molar-refractivity contribution in [3.8, 4) is 5.75 Å². The lowest BCUT2D eigenvalue weighted by atomic mass is 10.1. The second-order valence-corrected chi connectivity index (χ2v) is 6.70. The molecule has 6 nitrogen and oxygen atoms in total. The van der Waals surface area contributed by atoms with Crippen LogP contribution in [0.2, 0.25) is 0 Å². The number of hydrogen-bond donors (Lipinski definition) is 2. The molecule has 1 aromatic carbocycles. The number of pyridine rings is 1. The molecule has 27 heavy (non-hydrogen) atoms. The van der Waals surface area contributed by atoms with Crippen LogP contribution in [0.3, 0.4) is 0 Å². The molecule has 0 bridgehead atoms. The van der Waals surface area contributed by atoms with E-state index in [1.165, 1.54) is 0 Å². The van der Waals surface area contributed by atoms with E-state index in [0.29, 0.717) is 23.8 Å². The van der Waals surface area contributed by atoms with Gasteiger partial charge in [0.25, 0.3) is 5.56 Å². The standard InChI is InChI=1S/C20H30N4O2S/c1-5-23(6-2)10-11-24(20(27)21-4)14-16-12-15-13-17(26-7-3)8-9-18(15)22-19(16)25/h8-9,12-13H,5-7,10-11,14H2,1-4H3,(H,21,27)(H,22,25). The van der Waals surface area contributed by atoms with E-state index in [9.17, 15) is 4.79 Å². The van der Waals surface area contributed by atoms with Gasteiger partial charge < -0.3 is 24.8 Å². The Kier molecular flexibility index (Phi) is 8.06. The Morgan fingerprint density at radius 2 is 1.93 bits per heavy atom. The maximum Gasteiger partial charge on any atom is 0.253 e. The van der Waals surface area contributed by atoms with Gasteiger partial charge in [-0.15, -0.1) is 0 Å². The Bertz CT molecular complexity index is 817. The monoisotopic (exact) mass is 390 g/mol. The Hall–Kier alpha value is -2.12. The average molecular weight is 391 g/mol. The zero-order chi connectivity index (χ0) is 19.8. The predicted octanol–water partition coefficient (Wildman–Crippen LogP) is 2.57. The zero-order valence-electron chi connectivity index (χ0n) is 16.7. The van der Waals surface area contributed by atoms with Crippen LogP contribution in [0, 0.1) is 0 Å². The van der Waals surface area contributed by atoms with Crippen LogP contribution in [0.4, 0.5) is 0 Å². The largest absolute Gasteiger partial charge is 0.494 e. The fourth-order valence-electron chi connectivity index (χ4n) is 3.02. The third kappa shape index (κ3) is 5.68. The van der Waals surface area contributed by atoms with Crippen LogP contribution in [-0.2, 0) is 6.54 Å². The lowest BCUT2D eigenvalue weighted by Gasteiger charge is -2.28. The number of aromatic nitrogens is 1. The van der Waals surface area contributed by atoms with E-state index in [4.69, 9.17) is 17.0 Å². The molecule has 1 heterocycles. The van der Waals surface area contributed by atoms with E-state index in [-0.39, 0.29) is 5.56 Å². The van der Waals surface area contributed by atoms with Gasteiger partial charge >= 0.3 is 0 Å². The first-order valence-corrected chi connectivity index (χ1v) is 9.90. The first-order valence-electron chi connectivity index (χ1n) is 9.50. The summed E-state index contributed by atoms with van der Waals surface area (Å²) in [6.07, 6.45) is 0. The van der Waals surface area contributed by atoms with Crippen molar-refractivity contribution in [3.05, 3.63) is 40.2 Å². The van der Waals surface area contributed by atoms with Crippen molar-refractivity contribution in [2.24, 2.45) is 0 Å². The van der Waals surface area contributed by atoms with E-state index in [2.05, 4.69) is 29.0 Å². The van der Waals surface area contributed by atoms with Gasteiger partial charge in [0.05, 0.1) is 13.2 Å². The van der Waals surface area contributed by atoms with Gasteiger partial charge in [0.2, 0.25) is 0 Å². The molecule has 0 aliphatic rings. The van der Waals surface area contributed by atoms with Crippen molar-refractivity contribution in [3.63, 3.8) is 0 Å². The van der Waals surface area contributed by atoms with Gasteiger partial charge in [-0.05, 0) is 56.5 Å². The second-order valence-electron chi connectivity index (χ2n) is 6.31. The normalized spacial score (nSPS) is 11.0. The summed E-state index contributed by atoms with van der Waals surface area (Å²) >= 11 is 5.46. The maximum atomic E-state index is 12.6. The van der Waals surface area contributed by atoms with E-state index in [0.717, 1.165) is 42.8 Å². The molecule has 0 aliphatic carbocycles. The summed E-state index contributed by atoms with van der Waals surface area (Å²) in [7, 11) is 1.81. The molecular formula is C20H30N4O2S. The van der Waals surface area contributed by atoms with Gasteiger partial charge in [0, 0.05) is 36.6 Å². The van der Waals surface area contributed by atoms with Crippen molar-refractivity contribution in [2.45, 2.75) is 27.3 Å². The Morgan fingerprint density at radius 1 is 1.19 bits per heavy atom. The predicted molar refractivity (Wildman–Crippen MR) is 116 cm³/mol. The highest BCUT2D eigenvalue weighted by molar-refractivity contribution is 7.80. The van der Waals surface area contributed by atoms with Crippen molar-refractivity contribution < 1.29 is 4.74 Å². The molecule has 0 radical (unpaired) electrons. The smallest absolute Gasteiger partial charge is 0.253 e. The number of aromatic amines is 1. The van der Waals surface area contributed by atoms with Gasteiger partial charge in [-0.3, -0.25) is 4.79 Å². The average Bonchev–Trinajstić information content (AvgIpc) is 2.68. The van der Waals surface area contributed by atoms with Crippen LogP contribution in [0.5, 0.6) is 5.75 Å². The van der Waals surface area contributed by atoms with Gasteiger partial charge in [-0.1, -0.05) is 13.8 Å². The third-order valence-electron chi connectivity index (χ3n) is 4.65. The van der Waals surface area contributed by atoms with Gasteiger partial charge in [0.15, 0.2) is 5.11 Å². The molecule has 2 rings (SSSR count). The topological polar surface area (TPSA) is 60.6 Å². The highest BCUT2D eigenvalue weighted by atomic mass is 32.1. The van der Waals surface area contributed by atoms with E-state index in [1.807, 2.05) is 43.1 Å². The summed E-state index contributed by atoms with van der Waals surface area (Å²) < 4.78 is 5.57. The molecule has 0 fully saturated rings. The molecule has 0 spiro atoms. The van der Waals surface area contributed by atoms with Crippen LogP contribution in [0.15, 0.2) is 29.1 Å². The highest BCUT2D eigenvalue weighted by Crippen LogP contribution is 2.19. The molecule has 7 heteroatoms. The van der Waals surface area contributed by atoms with Crippen LogP contribution in [0.25, 0.3) is 10.9 Å². The minimum atomic E-state index is -0.0848. The minimum Gasteiger partial charge on any atom is -0.494 e. The van der Waals surface area contributed by atoms with Crippen molar-refractivity contribution >= 4 is 28.2 Å². The van der Waals surface area contributed by atoms with Gasteiger partial charge in [0.1, 0.15) is 5.75 Å². The molecule has 2 aromatic rings. The molecule has 0 saturated carbocycles. The van der Waals surface area contributed by atoms with Crippen LogP contribution < -0.4 is 15.6 Å². The number of nitrogens with zero attached hydrogens (tertiary/aromatic N) is 2. The second kappa shape index (κ2) is 10.3. The minimum absolute atomic E-state index is 0.0848. The summed E-state index contributed by atoms with van der Waals surface area (Å²) in [6, 6.07) is 7.63. The Balaban J connectivity index is 2.26. The molecule has 0 atom stereocenters. The number of ether oxygens (including phenoxy) is 1. The molecule has 0 unspecified atom stereocenters. The van der Waals surface area contributed by atoms with Crippen molar-refractivity contribution in [2.75, 3.05) is 39.8 Å². The third-order valence-corrected chi connectivity index (χ3v) is 5.11. The van der Waals surface area contributed by atoms with E-state index < -0.39 is 0 Å². The summed E-state index contributed by atoms with van der Waals surface area (Å²) in [5.41, 5.74) is 1.41. The quantitative estimate of drug-likeness (QED) is 0.642. The van der Waals surface area contributed by atoms with Crippen LogP contribution in [-0.4, -0.2) is 59.7 Å². The van der Waals surface area contributed by atoms with Gasteiger partial charge in [-0.2, -0.15) is 0 Å². The molecule has 2 N–H and O–H groups in total. The number of rotatable bonds is 9. The fourth-order valence-corrected chi connectivity index (χ4v) is 3.18. The SMILES string of the molecule is CCOc1ccc2[nH]c(=O)c(CN(CCN(CC)CC)C(=S)NC)cc2c1. The lowest BCUT2D eigenvalue weighted by molar-refractivity contribution is 0.264. The summed E-state index contributed by atoms with van der Waals surface area (Å²) in [5, 5.41) is 4.63. The fraction of sp³-hybridized carbons (Fsp3) is 0.500. The lowest BCUT2D eigenvalue weighted by Crippen LogP contribution is -2.43. The highest BCUT2D eigenvalue weighted by Gasteiger charge is 2.14. The number of H-pyrrole nitrogens is 1. The van der Waals surface area contributed by atoms with E-state index in [1.54, 1.807) is 0 Å². The first-order chi connectivity index (χ1) is 13.0. The Labute approximate surface area is 166 Å².